The zero-order chi connectivity index (χ0) is 22.0. The van der Waals surface area contributed by atoms with E-state index in [2.05, 4.69) is 10.4 Å². The average molecular weight is 448 g/mol. The molecule has 0 aliphatic heterocycles. The number of benzene rings is 2. The number of carbonyl (C=O) groups is 2. The zero-order valence-corrected chi connectivity index (χ0v) is 18.0. The first kappa shape index (κ1) is 21.7. The van der Waals surface area contributed by atoms with Gasteiger partial charge in [0, 0.05) is 17.1 Å². The number of carboxylic acids is 1. The van der Waals surface area contributed by atoms with Gasteiger partial charge in [-0.1, -0.05) is 35.3 Å². The topological polar surface area (TPSA) is 93.5 Å². The van der Waals surface area contributed by atoms with Crippen LogP contribution < -0.4 is 10.1 Å². The van der Waals surface area contributed by atoms with Crippen molar-refractivity contribution in [3.8, 4) is 11.6 Å². The van der Waals surface area contributed by atoms with E-state index in [4.69, 9.17) is 33.0 Å². The Labute approximate surface area is 183 Å². The second-order valence-corrected chi connectivity index (χ2v) is 7.59. The summed E-state index contributed by atoms with van der Waals surface area (Å²) < 4.78 is 7.34. The van der Waals surface area contributed by atoms with E-state index in [1.807, 2.05) is 0 Å². The van der Waals surface area contributed by atoms with E-state index in [0.29, 0.717) is 21.5 Å². The summed E-state index contributed by atoms with van der Waals surface area (Å²) in [6, 6.07) is 10.7. The third-order valence-corrected chi connectivity index (χ3v) is 4.89. The van der Waals surface area contributed by atoms with E-state index in [1.165, 1.54) is 16.8 Å². The normalized spacial score (nSPS) is 11.8. The van der Waals surface area contributed by atoms with Gasteiger partial charge in [0.15, 0.2) is 0 Å². The van der Waals surface area contributed by atoms with Crippen LogP contribution in [0.15, 0.2) is 42.5 Å². The van der Waals surface area contributed by atoms with Crippen LogP contribution in [0.25, 0.3) is 0 Å². The first-order chi connectivity index (χ1) is 14.2. The van der Waals surface area contributed by atoms with E-state index in [9.17, 15) is 9.59 Å². The monoisotopic (exact) mass is 447 g/mol. The molecule has 3 aromatic rings. The van der Waals surface area contributed by atoms with Gasteiger partial charge in [-0.05, 0) is 49.7 Å². The van der Waals surface area contributed by atoms with E-state index in [0.717, 1.165) is 5.56 Å². The van der Waals surface area contributed by atoms with Crippen molar-refractivity contribution in [1.29, 1.82) is 0 Å². The highest BCUT2D eigenvalue weighted by Crippen LogP contribution is 2.31. The van der Waals surface area contributed by atoms with Gasteiger partial charge in [0.1, 0.15) is 11.3 Å². The number of nitrogens with zero attached hydrogens (tertiary/aromatic N) is 2. The summed E-state index contributed by atoms with van der Waals surface area (Å²) in [5.74, 6) is -0.760. The molecule has 2 aromatic carbocycles. The summed E-state index contributed by atoms with van der Waals surface area (Å²) in [6.45, 7) is 3.51. The lowest BCUT2D eigenvalue weighted by Gasteiger charge is -2.15. The Balaban J connectivity index is 1.84. The molecule has 1 aromatic heterocycles. The van der Waals surface area contributed by atoms with Crippen molar-refractivity contribution in [2.24, 2.45) is 7.05 Å². The minimum atomic E-state index is -1.01. The number of aromatic carboxylic acids is 1. The highest BCUT2D eigenvalue weighted by molar-refractivity contribution is 6.34. The summed E-state index contributed by atoms with van der Waals surface area (Å²) >= 11 is 12.1. The van der Waals surface area contributed by atoms with Crippen LogP contribution in [0.5, 0.6) is 11.6 Å². The summed E-state index contributed by atoms with van der Waals surface area (Å²) in [5.41, 5.74) is 1.71. The molecule has 1 amide bonds. The van der Waals surface area contributed by atoms with Crippen LogP contribution >= 0.6 is 23.2 Å². The van der Waals surface area contributed by atoms with Crippen LogP contribution in [-0.2, 0) is 7.05 Å². The minimum absolute atomic E-state index is 0.177. The van der Waals surface area contributed by atoms with E-state index in [1.54, 1.807) is 51.2 Å². The van der Waals surface area contributed by atoms with Gasteiger partial charge in [-0.15, -0.1) is 0 Å². The molecular weight excluding hydrogens is 429 g/mol. The molecule has 30 heavy (non-hydrogen) atoms. The SMILES string of the molecule is Cc1nn(C)c(Oc2cc(Cl)cc(Cl)c2)c1C(=O)N[C@@H](C)c1ccc(C(=O)O)cc1. The molecule has 0 bridgehead atoms. The predicted octanol–water partition coefficient (Wildman–Crippen LogP) is 5.02. The third-order valence-electron chi connectivity index (χ3n) is 4.45. The quantitative estimate of drug-likeness (QED) is 0.553. The number of ether oxygens (including phenoxy) is 1. The molecule has 0 fully saturated rings. The molecule has 1 heterocycles. The van der Waals surface area contributed by atoms with Gasteiger partial charge in [0.2, 0.25) is 5.88 Å². The van der Waals surface area contributed by atoms with Gasteiger partial charge in [0.05, 0.1) is 17.3 Å². The summed E-state index contributed by atoms with van der Waals surface area (Å²) in [5, 5.41) is 17.0. The van der Waals surface area contributed by atoms with E-state index in [-0.39, 0.29) is 29.0 Å². The molecule has 0 unspecified atom stereocenters. The van der Waals surface area contributed by atoms with Gasteiger partial charge in [-0.2, -0.15) is 5.10 Å². The van der Waals surface area contributed by atoms with Gasteiger partial charge in [-0.25, -0.2) is 9.48 Å². The summed E-state index contributed by atoms with van der Waals surface area (Å²) in [6.07, 6.45) is 0. The lowest BCUT2D eigenvalue weighted by molar-refractivity contribution is 0.0696. The fraction of sp³-hybridized carbons (Fsp3) is 0.190. The van der Waals surface area contributed by atoms with Crippen molar-refractivity contribution in [1.82, 2.24) is 15.1 Å². The minimum Gasteiger partial charge on any atom is -0.478 e. The van der Waals surface area contributed by atoms with Crippen molar-refractivity contribution in [3.05, 3.63) is 74.9 Å². The van der Waals surface area contributed by atoms with Crippen LogP contribution in [-0.4, -0.2) is 26.8 Å². The molecular formula is C21H19Cl2N3O4. The average Bonchev–Trinajstić information content (AvgIpc) is 2.94. The van der Waals surface area contributed by atoms with Gasteiger partial charge < -0.3 is 15.2 Å². The largest absolute Gasteiger partial charge is 0.478 e. The van der Waals surface area contributed by atoms with Gasteiger partial charge >= 0.3 is 5.97 Å². The van der Waals surface area contributed by atoms with Crippen LogP contribution in [0.4, 0.5) is 0 Å². The number of hydrogen-bond acceptors (Lipinski definition) is 4. The molecule has 2 N–H and O–H groups in total. The highest BCUT2D eigenvalue weighted by Gasteiger charge is 2.24. The van der Waals surface area contributed by atoms with Crippen LogP contribution in [0.2, 0.25) is 10.0 Å². The van der Waals surface area contributed by atoms with Crippen molar-refractivity contribution < 1.29 is 19.4 Å². The van der Waals surface area contributed by atoms with Crippen LogP contribution in [0, 0.1) is 6.92 Å². The molecule has 9 heteroatoms. The fourth-order valence-electron chi connectivity index (χ4n) is 2.98. The molecule has 0 saturated carbocycles. The highest BCUT2D eigenvalue weighted by atomic mass is 35.5. The standard InChI is InChI=1S/C21H19Cl2N3O4/c1-11(13-4-6-14(7-5-13)21(28)29)24-19(27)18-12(2)25-26(3)20(18)30-17-9-15(22)8-16(23)10-17/h4-11H,1-3H3,(H,24,27)(H,28,29)/t11-/m0/s1. The first-order valence-electron chi connectivity index (χ1n) is 8.97. The number of carbonyl (C=O) groups excluding carboxylic acids is 1. The van der Waals surface area contributed by atoms with Crippen molar-refractivity contribution in [3.63, 3.8) is 0 Å². The molecule has 0 aliphatic rings. The maximum atomic E-state index is 13.0. The van der Waals surface area contributed by atoms with Crippen LogP contribution in [0.3, 0.4) is 0 Å². The smallest absolute Gasteiger partial charge is 0.335 e. The van der Waals surface area contributed by atoms with E-state index >= 15 is 0 Å². The second-order valence-electron chi connectivity index (χ2n) is 6.72. The first-order valence-corrected chi connectivity index (χ1v) is 9.73. The van der Waals surface area contributed by atoms with Crippen molar-refractivity contribution >= 4 is 35.1 Å². The number of hydrogen-bond donors (Lipinski definition) is 2. The number of rotatable bonds is 6. The maximum Gasteiger partial charge on any atom is 0.335 e. The second kappa shape index (κ2) is 8.77. The molecule has 0 aliphatic carbocycles. The lowest BCUT2D eigenvalue weighted by atomic mass is 10.1. The maximum absolute atomic E-state index is 13.0. The molecule has 7 nitrogen and oxygen atoms in total. The van der Waals surface area contributed by atoms with Gasteiger partial charge in [-0.3, -0.25) is 4.79 Å². The predicted molar refractivity (Wildman–Crippen MR) is 114 cm³/mol. The molecule has 0 saturated heterocycles. The molecule has 3 rings (SSSR count). The molecule has 1 atom stereocenters. The lowest BCUT2D eigenvalue weighted by Crippen LogP contribution is -2.27. The van der Waals surface area contributed by atoms with Crippen molar-refractivity contribution in [2.45, 2.75) is 19.9 Å². The fourth-order valence-corrected chi connectivity index (χ4v) is 3.49. The number of halogens is 2. The third kappa shape index (κ3) is 4.75. The number of amides is 1. The number of aryl methyl sites for hydroxylation is 2. The Morgan fingerprint density at radius 3 is 2.30 bits per heavy atom. The Kier molecular flexibility index (Phi) is 6.34. The summed E-state index contributed by atoms with van der Waals surface area (Å²) in [4.78, 5) is 24.0. The zero-order valence-electron chi connectivity index (χ0n) is 16.4. The van der Waals surface area contributed by atoms with Crippen LogP contribution in [0.1, 0.15) is 44.9 Å². The molecule has 156 valence electrons. The van der Waals surface area contributed by atoms with Crippen molar-refractivity contribution in [2.75, 3.05) is 0 Å². The number of carboxylic acid groups (broad SMARTS) is 1. The Bertz CT molecular complexity index is 1090. The Morgan fingerprint density at radius 2 is 1.73 bits per heavy atom. The number of aromatic nitrogens is 2. The molecule has 0 spiro atoms. The Morgan fingerprint density at radius 1 is 1.13 bits per heavy atom. The summed E-state index contributed by atoms with van der Waals surface area (Å²) in [7, 11) is 1.67. The number of nitrogens with one attached hydrogen (secondary N) is 1. The van der Waals surface area contributed by atoms with Gasteiger partial charge in [0.25, 0.3) is 5.91 Å². The van der Waals surface area contributed by atoms with E-state index < -0.39 is 5.97 Å². The molecule has 0 radical (unpaired) electrons. The Hall–Kier alpha value is -3.03.